The summed E-state index contributed by atoms with van der Waals surface area (Å²) in [7, 11) is -0.436. The van der Waals surface area contributed by atoms with Gasteiger partial charge in [-0.05, 0) is 41.0 Å². The Morgan fingerprint density at radius 2 is 1.59 bits per heavy atom. The van der Waals surface area contributed by atoms with E-state index in [0.29, 0.717) is 28.2 Å². The number of hydrogen-bond donors (Lipinski definition) is 2. The molecular weight excluding hydrogens is 373 g/mol. The second-order valence-corrected chi connectivity index (χ2v) is 6.40. The van der Waals surface area contributed by atoms with Crippen molar-refractivity contribution in [1.82, 2.24) is 0 Å². The molecule has 0 saturated carbocycles. The molecule has 0 aliphatic rings. The Hall–Kier alpha value is -2.98. The van der Waals surface area contributed by atoms with E-state index in [0.717, 1.165) is 0 Å². The average Bonchev–Trinajstić information content (AvgIpc) is 2.64. The van der Waals surface area contributed by atoms with Crippen LogP contribution in [-0.4, -0.2) is 31.1 Å². The van der Waals surface area contributed by atoms with Gasteiger partial charge in [-0.25, -0.2) is 4.57 Å². The summed E-state index contributed by atoms with van der Waals surface area (Å²) in [6.45, 7) is 0. The van der Waals surface area contributed by atoms with Crippen LogP contribution in [-0.2, 0) is 4.57 Å². The molecule has 0 atom stereocenters. The van der Waals surface area contributed by atoms with Crippen molar-refractivity contribution in [2.24, 2.45) is 0 Å². The Morgan fingerprint density at radius 1 is 0.963 bits per heavy atom. The van der Waals surface area contributed by atoms with E-state index in [1.807, 2.05) is 6.07 Å². The molecule has 0 heterocycles. The number of nitriles is 1. The summed E-state index contributed by atoms with van der Waals surface area (Å²) in [5.74, 6) is 1.03. The quantitative estimate of drug-likeness (QED) is 0.546. The van der Waals surface area contributed by atoms with Gasteiger partial charge in [-0.3, -0.25) is 9.79 Å². The van der Waals surface area contributed by atoms with Crippen molar-refractivity contribution < 1.29 is 33.1 Å². The number of ether oxygens (including phenoxy) is 3. The van der Waals surface area contributed by atoms with Gasteiger partial charge in [-0.2, -0.15) is 5.26 Å². The Balaban J connectivity index is 2.62. The van der Waals surface area contributed by atoms with Gasteiger partial charge >= 0.3 is 7.82 Å². The van der Waals surface area contributed by atoms with Gasteiger partial charge in [0.1, 0.15) is 11.5 Å². The fourth-order valence-electron chi connectivity index (χ4n) is 2.40. The minimum absolute atomic E-state index is 0.140. The van der Waals surface area contributed by atoms with Crippen LogP contribution in [0.3, 0.4) is 0 Å². The molecule has 2 rings (SSSR count). The van der Waals surface area contributed by atoms with Crippen LogP contribution in [0.1, 0.15) is 11.1 Å². The van der Waals surface area contributed by atoms with Crippen molar-refractivity contribution in [1.29, 1.82) is 5.26 Å². The summed E-state index contributed by atoms with van der Waals surface area (Å²) >= 11 is 0. The van der Waals surface area contributed by atoms with E-state index < -0.39 is 7.82 Å². The zero-order valence-electron chi connectivity index (χ0n) is 14.9. The van der Waals surface area contributed by atoms with Crippen LogP contribution in [0, 0.1) is 11.3 Å². The second-order valence-electron chi connectivity index (χ2n) is 5.24. The first-order chi connectivity index (χ1) is 12.8. The first-order valence-corrected chi connectivity index (χ1v) is 9.11. The van der Waals surface area contributed by atoms with E-state index in [2.05, 4.69) is 0 Å². The maximum atomic E-state index is 11.2. The number of nitrogens with zero attached hydrogens (tertiary/aromatic N) is 1. The van der Waals surface area contributed by atoms with Crippen LogP contribution in [0.15, 0.2) is 42.5 Å². The number of hydrogen-bond acceptors (Lipinski definition) is 6. The van der Waals surface area contributed by atoms with Gasteiger partial charge in [-0.1, -0.05) is 6.07 Å². The van der Waals surface area contributed by atoms with Gasteiger partial charge in [0.15, 0.2) is 11.5 Å². The van der Waals surface area contributed by atoms with Crippen molar-refractivity contribution in [3.05, 3.63) is 53.6 Å². The summed E-state index contributed by atoms with van der Waals surface area (Å²) in [5.41, 5.74) is 1.57. The molecule has 0 saturated heterocycles. The molecule has 2 N–H and O–H groups in total. The predicted molar refractivity (Wildman–Crippen MR) is 97.9 cm³/mol. The maximum Gasteiger partial charge on any atom is 0.524 e. The maximum absolute atomic E-state index is 11.2. The lowest BCUT2D eigenvalue weighted by Crippen LogP contribution is -1.97. The number of allylic oxidation sites excluding steroid dienone is 1. The minimum Gasteiger partial charge on any atom is -0.497 e. The van der Waals surface area contributed by atoms with Gasteiger partial charge in [0.05, 0.1) is 27.4 Å². The van der Waals surface area contributed by atoms with Crippen LogP contribution in [0.4, 0.5) is 0 Å². The van der Waals surface area contributed by atoms with Crippen molar-refractivity contribution in [2.75, 3.05) is 21.3 Å². The lowest BCUT2D eigenvalue weighted by atomic mass is 9.97. The zero-order chi connectivity index (χ0) is 20.0. The van der Waals surface area contributed by atoms with Crippen molar-refractivity contribution >= 4 is 13.4 Å². The van der Waals surface area contributed by atoms with Gasteiger partial charge in [0.25, 0.3) is 0 Å². The highest BCUT2D eigenvalue weighted by Crippen LogP contribution is 2.43. The molecule has 0 fully saturated rings. The third kappa shape index (κ3) is 5.25. The normalized spacial score (nSPS) is 11.5. The SMILES string of the molecule is COc1cc(OC)cc(C(=CC#N)c2ccc(OC)c(OP(=O)(O)O)c2)c1. The topological polar surface area (TPSA) is 118 Å². The Labute approximate surface area is 156 Å². The molecule has 0 unspecified atom stereocenters. The third-order valence-corrected chi connectivity index (χ3v) is 4.00. The number of methoxy groups -OCH3 is 3. The van der Waals surface area contributed by atoms with Crippen LogP contribution in [0.5, 0.6) is 23.0 Å². The average molecular weight is 391 g/mol. The molecule has 0 amide bonds. The van der Waals surface area contributed by atoms with Crippen LogP contribution < -0.4 is 18.7 Å². The highest BCUT2D eigenvalue weighted by molar-refractivity contribution is 7.46. The van der Waals surface area contributed by atoms with Crippen molar-refractivity contribution in [3.63, 3.8) is 0 Å². The van der Waals surface area contributed by atoms with Crippen molar-refractivity contribution in [3.8, 4) is 29.1 Å². The fraction of sp³-hybridized carbons (Fsp3) is 0.167. The van der Waals surface area contributed by atoms with E-state index >= 15 is 0 Å². The molecule has 0 aliphatic carbocycles. The molecule has 0 bridgehead atoms. The van der Waals surface area contributed by atoms with Gasteiger partial charge in [0.2, 0.25) is 0 Å². The minimum atomic E-state index is -4.80. The molecule has 9 heteroatoms. The molecular formula is C18H18NO7P. The summed E-state index contributed by atoms with van der Waals surface area (Å²) in [4.78, 5) is 18.2. The first-order valence-electron chi connectivity index (χ1n) is 7.58. The monoisotopic (exact) mass is 391 g/mol. The summed E-state index contributed by atoms with van der Waals surface area (Å²) in [6.07, 6.45) is 1.30. The Morgan fingerprint density at radius 3 is 2.07 bits per heavy atom. The highest BCUT2D eigenvalue weighted by atomic mass is 31.2. The molecule has 0 aromatic heterocycles. The highest BCUT2D eigenvalue weighted by Gasteiger charge is 2.20. The molecule has 2 aromatic carbocycles. The van der Waals surface area contributed by atoms with E-state index in [-0.39, 0.29) is 11.5 Å². The Bertz CT molecular complexity index is 921. The molecule has 2 aromatic rings. The van der Waals surface area contributed by atoms with E-state index in [4.69, 9.17) is 28.5 Å². The van der Waals surface area contributed by atoms with Gasteiger partial charge in [-0.15, -0.1) is 0 Å². The number of rotatable bonds is 7. The molecule has 0 aliphatic heterocycles. The predicted octanol–water partition coefficient (Wildman–Crippen LogP) is 3.14. The number of benzene rings is 2. The standard InChI is InChI=1S/C18H18NO7P/c1-23-14-8-13(9-15(11-14)24-2)16(6-7-19)12-4-5-17(25-3)18(10-12)26-27(20,21)22/h4-6,8-11H,1-3H3,(H2,20,21,22). The largest absolute Gasteiger partial charge is 0.524 e. The number of phosphoric acid groups is 1. The second kappa shape index (κ2) is 8.60. The zero-order valence-corrected chi connectivity index (χ0v) is 15.8. The first kappa shape index (κ1) is 20.3. The van der Waals surface area contributed by atoms with E-state index in [1.165, 1.54) is 39.5 Å². The van der Waals surface area contributed by atoms with Crippen LogP contribution in [0.2, 0.25) is 0 Å². The lowest BCUT2D eigenvalue weighted by molar-refractivity contribution is 0.276. The summed E-state index contributed by atoms with van der Waals surface area (Å²) in [6, 6.07) is 11.6. The Kier molecular flexibility index (Phi) is 6.48. The van der Waals surface area contributed by atoms with Gasteiger partial charge in [0, 0.05) is 12.1 Å². The van der Waals surface area contributed by atoms with E-state index in [1.54, 1.807) is 24.3 Å². The number of phosphoric ester groups is 1. The summed E-state index contributed by atoms with van der Waals surface area (Å²) in [5, 5.41) is 9.20. The molecule has 0 spiro atoms. The summed E-state index contributed by atoms with van der Waals surface area (Å²) < 4.78 is 31.5. The molecule has 27 heavy (non-hydrogen) atoms. The lowest BCUT2D eigenvalue weighted by Gasteiger charge is -2.15. The molecule has 8 nitrogen and oxygen atoms in total. The smallest absolute Gasteiger partial charge is 0.497 e. The molecule has 142 valence electrons. The van der Waals surface area contributed by atoms with Crippen molar-refractivity contribution in [2.45, 2.75) is 0 Å². The van der Waals surface area contributed by atoms with Gasteiger partial charge < -0.3 is 18.7 Å². The van der Waals surface area contributed by atoms with Crippen LogP contribution in [0.25, 0.3) is 5.57 Å². The van der Waals surface area contributed by atoms with Crippen LogP contribution >= 0.6 is 7.82 Å². The van der Waals surface area contributed by atoms with E-state index in [9.17, 15) is 9.83 Å². The molecule has 0 radical (unpaired) electrons. The fourth-order valence-corrected chi connectivity index (χ4v) is 2.80. The third-order valence-electron chi connectivity index (χ3n) is 3.56.